The van der Waals surface area contributed by atoms with E-state index in [0.717, 1.165) is 0 Å². The van der Waals surface area contributed by atoms with Crippen molar-refractivity contribution in [3.05, 3.63) is 65.5 Å². The monoisotopic (exact) mass is 520 g/mol. The Bertz CT molecular complexity index is 1220. The number of anilines is 1. The summed E-state index contributed by atoms with van der Waals surface area (Å²) in [7, 11) is -3.06. The molecule has 2 heterocycles. The molecular weight excluding hydrogens is 495 g/mol. The summed E-state index contributed by atoms with van der Waals surface area (Å²) in [5.74, 6) is -1.29. The number of esters is 1. The zero-order valence-electron chi connectivity index (χ0n) is 19.2. The van der Waals surface area contributed by atoms with E-state index in [1.54, 1.807) is 42.5 Å². The van der Waals surface area contributed by atoms with Gasteiger partial charge in [-0.05, 0) is 48.6 Å². The Morgan fingerprint density at radius 2 is 1.81 bits per heavy atom. The van der Waals surface area contributed by atoms with Crippen LogP contribution in [-0.4, -0.2) is 64.1 Å². The molecule has 0 spiro atoms. The number of halogens is 1. The molecule has 0 bridgehead atoms. The third kappa shape index (κ3) is 6.30. The smallest absolute Gasteiger partial charge is 0.414 e. The van der Waals surface area contributed by atoms with Crippen LogP contribution in [0.1, 0.15) is 34.7 Å². The minimum atomic E-state index is -3.06. The fraction of sp³-hybridized carbons (Fsp3) is 0.375. The maximum atomic E-state index is 14.8. The lowest BCUT2D eigenvalue weighted by atomic mass is 9.93. The molecular formula is C24H25FN2O8S. The number of carbonyl (C=O) groups is 3. The highest BCUT2D eigenvalue weighted by molar-refractivity contribution is 7.91. The summed E-state index contributed by atoms with van der Waals surface area (Å²) < 4.78 is 52.9. The van der Waals surface area contributed by atoms with Crippen LogP contribution in [0.3, 0.4) is 0 Å². The van der Waals surface area contributed by atoms with Crippen LogP contribution in [0, 0.1) is 5.82 Å². The molecule has 0 radical (unpaired) electrons. The Kier molecular flexibility index (Phi) is 7.73. The van der Waals surface area contributed by atoms with E-state index in [4.69, 9.17) is 14.2 Å². The van der Waals surface area contributed by atoms with Gasteiger partial charge in [0.1, 0.15) is 21.8 Å². The molecule has 1 atom stereocenters. The van der Waals surface area contributed by atoms with Gasteiger partial charge in [0, 0.05) is 0 Å². The van der Waals surface area contributed by atoms with Crippen molar-refractivity contribution in [2.75, 3.05) is 36.3 Å². The normalized spacial score (nSPS) is 19.4. The van der Waals surface area contributed by atoms with Gasteiger partial charge in [-0.15, -0.1) is 0 Å². The van der Waals surface area contributed by atoms with E-state index in [0.29, 0.717) is 29.7 Å². The Hall–Kier alpha value is -3.67. The highest BCUT2D eigenvalue weighted by Crippen LogP contribution is 2.33. The van der Waals surface area contributed by atoms with Crippen molar-refractivity contribution in [1.29, 1.82) is 0 Å². The van der Waals surface area contributed by atoms with Gasteiger partial charge in [-0.1, -0.05) is 24.3 Å². The van der Waals surface area contributed by atoms with Crippen LogP contribution < -0.4 is 10.2 Å². The molecule has 36 heavy (non-hydrogen) atoms. The first kappa shape index (κ1) is 25.4. The second kappa shape index (κ2) is 10.9. The molecule has 2 aliphatic rings. The Balaban J connectivity index is 1.23. The van der Waals surface area contributed by atoms with E-state index in [2.05, 4.69) is 5.32 Å². The number of nitrogens with zero attached hydrogens (tertiary/aromatic N) is 1. The predicted molar refractivity (Wildman–Crippen MR) is 126 cm³/mol. The number of amides is 2. The molecule has 2 fully saturated rings. The van der Waals surface area contributed by atoms with Crippen molar-refractivity contribution in [3.8, 4) is 0 Å². The largest absolute Gasteiger partial charge is 0.442 e. The van der Waals surface area contributed by atoms with E-state index in [9.17, 15) is 27.2 Å². The van der Waals surface area contributed by atoms with Gasteiger partial charge >= 0.3 is 18.2 Å². The molecule has 1 N–H and O–H groups in total. The van der Waals surface area contributed by atoms with E-state index < -0.39 is 46.7 Å². The Labute approximate surface area is 207 Å². The van der Waals surface area contributed by atoms with E-state index in [1.807, 2.05) is 0 Å². The van der Waals surface area contributed by atoms with Gasteiger partial charge in [-0.25, -0.2) is 27.2 Å². The first-order valence-corrected chi connectivity index (χ1v) is 13.1. The average Bonchev–Trinajstić information content (AvgIpc) is 3.24. The zero-order chi connectivity index (χ0) is 25.7. The second-order valence-corrected chi connectivity index (χ2v) is 10.8. The van der Waals surface area contributed by atoms with E-state index in [1.165, 1.54) is 11.0 Å². The van der Waals surface area contributed by atoms with Crippen LogP contribution in [0.25, 0.3) is 0 Å². The fourth-order valence-electron chi connectivity index (χ4n) is 4.10. The Morgan fingerprint density at radius 3 is 2.50 bits per heavy atom. The third-order valence-electron chi connectivity index (χ3n) is 6.03. The summed E-state index contributed by atoms with van der Waals surface area (Å²) in [6.45, 7) is -0.581. The van der Waals surface area contributed by atoms with Crippen LogP contribution in [0.15, 0.2) is 48.5 Å². The number of hydrogen-bond acceptors (Lipinski definition) is 8. The molecule has 0 saturated carbocycles. The van der Waals surface area contributed by atoms with Crippen molar-refractivity contribution in [2.24, 2.45) is 0 Å². The van der Waals surface area contributed by atoms with Crippen LogP contribution in [0.5, 0.6) is 0 Å². The first-order valence-electron chi connectivity index (χ1n) is 11.3. The number of alkyl carbamates (subject to hydrolysis) is 1. The molecule has 2 saturated heterocycles. The van der Waals surface area contributed by atoms with Crippen molar-refractivity contribution in [1.82, 2.24) is 5.32 Å². The number of benzene rings is 2. The van der Waals surface area contributed by atoms with Gasteiger partial charge in [0.25, 0.3) is 0 Å². The highest BCUT2D eigenvalue weighted by Gasteiger charge is 2.34. The predicted octanol–water partition coefficient (Wildman–Crippen LogP) is 2.98. The number of cyclic esters (lactones) is 1. The molecule has 2 aromatic rings. The van der Waals surface area contributed by atoms with Crippen LogP contribution >= 0.6 is 0 Å². The number of hydrogen-bond donors (Lipinski definition) is 1. The standard InChI is InChI=1S/C24H25FN2O8S/c25-21-12-18(6-7-20(21)16-8-10-36(31,32)11-9-16)27-14-19(35-24(27)30)13-26-23(29)34-15-33-22(28)17-4-2-1-3-5-17/h1-7,12,16,19H,8-11,13-15H2,(H,26,29)/t19-/m0/s1. The number of ether oxygens (including phenoxy) is 3. The summed E-state index contributed by atoms with van der Waals surface area (Å²) in [5.41, 5.74) is 1.04. The SMILES string of the molecule is O=C(NC[C@H]1CN(c2ccc(C3CCS(=O)(=O)CC3)c(F)c2)C(=O)O1)OCOC(=O)c1ccccc1. The topological polar surface area (TPSA) is 128 Å². The van der Waals surface area contributed by atoms with Crippen LogP contribution in [-0.2, 0) is 24.0 Å². The van der Waals surface area contributed by atoms with Gasteiger partial charge in [0.05, 0.1) is 35.8 Å². The number of carbonyl (C=O) groups excluding carboxylic acids is 3. The van der Waals surface area contributed by atoms with Crippen molar-refractivity contribution < 1.29 is 41.4 Å². The minimum Gasteiger partial charge on any atom is -0.442 e. The summed E-state index contributed by atoms with van der Waals surface area (Å²) >= 11 is 0. The molecule has 12 heteroatoms. The van der Waals surface area contributed by atoms with Crippen molar-refractivity contribution in [2.45, 2.75) is 24.9 Å². The lowest BCUT2D eigenvalue weighted by Crippen LogP contribution is -2.35. The number of rotatable bonds is 7. The number of sulfone groups is 1. The fourth-order valence-corrected chi connectivity index (χ4v) is 5.59. The summed E-state index contributed by atoms with van der Waals surface area (Å²) in [6.07, 6.45) is -1.54. The molecule has 10 nitrogen and oxygen atoms in total. The molecule has 0 aromatic heterocycles. The van der Waals surface area contributed by atoms with Gasteiger partial charge in [-0.3, -0.25) is 4.90 Å². The molecule has 2 amide bonds. The summed E-state index contributed by atoms with van der Waals surface area (Å²) in [6, 6.07) is 12.6. The quantitative estimate of drug-likeness (QED) is 0.436. The van der Waals surface area contributed by atoms with E-state index in [-0.39, 0.29) is 30.5 Å². The van der Waals surface area contributed by atoms with E-state index >= 15 is 0 Å². The van der Waals surface area contributed by atoms with Crippen LogP contribution in [0.2, 0.25) is 0 Å². The van der Waals surface area contributed by atoms with Crippen molar-refractivity contribution in [3.63, 3.8) is 0 Å². The molecule has 0 unspecified atom stereocenters. The minimum absolute atomic E-state index is 0.0316. The van der Waals surface area contributed by atoms with Gasteiger partial charge in [0.2, 0.25) is 6.79 Å². The maximum absolute atomic E-state index is 14.8. The van der Waals surface area contributed by atoms with Gasteiger partial charge < -0.3 is 19.5 Å². The molecule has 4 rings (SSSR count). The lowest BCUT2D eigenvalue weighted by Gasteiger charge is -2.23. The summed E-state index contributed by atoms with van der Waals surface area (Å²) in [5, 5.41) is 2.42. The van der Waals surface area contributed by atoms with Gasteiger partial charge in [-0.2, -0.15) is 0 Å². The summed E-state index contributed by atoms with van der Waals surface area (Å²) in [4.78, 5) is 37.2. The second-order valence-electron chi connectivity index (χ2n) is 8.48. The lowest BCUT2D eigenvalue weighted by molar-refractivity contribution is -0.00292. The maximum Gasteiger partial charge on any atom is 0.414 e. The molecule has 2 aliphatic heterocycles. The average molecular weight is 521 g/mol. The zero-order valence-corrected chi connectivity index (χ0v) is 20.0. The number of nitrogens with one attached hydrogen (secondary N) is 1. The van der Waals surface area contributed by atoms with Gasteiger partial charge in [0.15, 0.2) is 0 Å². The first-order chi connectivity index (χ1) is 17.2. The molecule has 2 aromatic carbocycles. The molecule has 0 aliphatic carbocycles. The molecule has 192 valence electrons. The highest BCUT2D eigenvalue weighted by atomic mass is 32.2. The Morgan fingerprint density at radius 1 is 1.08 bits per heavy atom. The third-order valence-corrected chi connectivity index (χ3v) is 7.74. The van der Waals surface area contributed by atoms with Crippen LogP contribution in [0.4, 0.5) is 19.7 Å². The van der Waals surface area contributed by atoms with Crippen molar-refractivity contribution >= 4 is 33.7 Å².